The van der Waals surface area contributed by atoms with E-state index >= 15 is 0 Å². The summed E-state index contributed by atoms with van der Waals surface area (Å²) in [6.45, 7) is 2.49. The Bertz CT molecular complexity index is 1020. The fraction of sp³-hybridized carbons (Fsp3) is 0.286. The fourth-order valence-corrected chi connectivity index (χ4v) is 3.74. The number of hydrogen-bond acceptors (Lipinski definition) is 5. The van der Waals surface area contributed by atoms with Crippen LogP contribution in [0.4, 0.5) is 11.8 Å². The van der Waals surface area contributed by atoms with Crippen LogP contribution >= 0.6 is 0 Å². The zero-order valence-electron chi connectivity index (χ0n) is 15.2. The summed E-state index contributed by atoms with van der Waals surface area (Å²) in [4.78, 5) is 11.8. The highest BCUT2D eigenvalue weighted by molar-refractivity contribution is 5.91. The molecule has 0 radical (unpaired) electrons. The summed E-state index contributed by atoms with van der Waals surface area (Å²) in [5.74, 6) is 1.60. The molecule has 0 unspecified atom stereocenters. The van der Waals surface area contributed by atoms with E-state index in [9.17, 15) is 0 Å². The lowest BCUT2D eigenvalue weighted by atomic mass is 10.1. The second-order valence-corrected chi connectivity index (χ2v) is 7.04. The highest BCUT2D eigenvalue weighted by atomic mass is 15.3. The van der Waals surface area contributed by atoms with Crippen LogP contribution in [0.5, 0.6) is 0 Å². The van der Waals surface area contributed by atoms with Gasteiger partial charge in [-0.3, -0.25) is 5.10 Å². The van der Waals surface area contributed by atoms with E-state index in [2.05, 4.69) is 67.9 Å². The molecule has 3 heterocycles. The molecule has 136 valence electrons. The Hall–Kier alpha value is -3.15. The Morgan fingerprint density at radius 2 is 2.04 bits per heavy atom. The summed E-state index contributed by atoms with van der Waals surface area (Å²) in [5, 5.41) is 12.0. The Kier molecular flexibility index (Phi) is 4.08. The normalized spacial score (nSPS) is 15.9. The van der Waals surface area contributed by atoms with Gasteiger partial charge in [-0.25, -0.2) is 0 Å². The maximum absolute atomic E-state index is 4.86. The molecule has 1 aromatic carbocycles. The van der Waals surface area contributed by atoms with Crippen LogP contribution in [0, 0.1) is 0 Å². The van der Waals surface area contributed by atoms with E-state index in [0.29, 0.717) is 5.95 Å². The number of nitrogens with one attached hydrogen (secondary N) is 2. The van der Waals surface area contributed by atoms with Crippen LogP contribution in [0.25, 0.3) is 11.0 Å². The molecular formula is C21H22N6. The predicted octanol–water partition coefficient (Wildman–Crippen LogP) is 3.60. The maximum atomic E-state index is 4.86. The van der Waals surface area contributed by atoms with Crippen LogP contribution in [0.3, 0.4) is 0 Å². The van der Waals surface area contributed by atoms with Crippen LogP contribution in [0.2, 0.25) is 0 Å². The average molecular weight is 358 g/mol. The quantitative estimate of drug-likeness (QED) is 0.729. The van der Waals surface area contributed by atoms with Crippen LogP contribution in [0.1, 0.15) is 24.1 Å². The van der Waals surface area contributed by atoms with Crippen molar-refractivity contribution in [2.24, 2.45) is 0 Å². The standard InChI is InChI=1S/C21H22N6/c1-3-7-15(8-4-1)13-22-21-23-19-18-17(25-26-19)11-12-27(20(18)24-21)14-16-9-5-2-6-10-16/h2-3,5-10H,1,4,11-14H2,(H2,22,23,24,25,26). The molecular weight excluding hydrogens is 336 g/mol. The number of aromatic nitrogens is 4. The monoisotopic (exact) mass is 358 g/mol. The summed E-state index contributed by atoms with van der Waals surface area (Å²) in [6, 6.07) is 10.5. The third-order valence-corrected chi connectivity index (χ3v) is 5.14. The van der Waals surface area contributed by atoms with Crippen molar-refractivity contribution in [1.82, 2.24) is 20.2 Å². The number of benzene rings is 1. The molecule has 3 aromatic rings. The van der Waals surface area contributed by atoms with E-state index in [1.807, 2.05) is 6.07 Å². The zero-order valence-corrected chi connectivity index (χ0v) is 15.2. The van der Waals surface area contributed by atoms with Crippen molar-refractivity contribution in [3.63, 3.8) is 0 Å². The second kappa shape index (κ2) is 6.87. The molecule has 0 saturated heterocycles. The summed E-state index contributed by atoms with van der Waals surface area (Å²) < 4.78 is 0. The van der Waals surface area contributed by atoms with Crippen molar-refractivity contribution < 1.29 is 0 Å². The molecule has 6 heteroatoms. The molecule has 0 fully saturated rings. The first-order chi connectivity index (χ1) is 13.4. The van der Waals surface area contributed by atoms with Gasteiger partial charge in [-0.1, -0.05) is 48.6 Å². The minimum Gasteiger partial charge on any atom is -0.351 e. The fourth-order valence-electron chi connectivity index (χ4n) is 3.74. The summed E-state index contributed by atoms with van der Waals surface area (Å²) in [6.07, 6.45) is 9.82. The van der Waals surface area contributed by atoms with Gasteiger partial charge in [0.1, 0.15) is 5.82 Å². The van der Waals surface area contributed by atoms with Gasteiger partial charge in [0.2, 0.25) is 5.95 Å². The Labute approximate surface area is 158 Å². The van der Waals surface area contributed by atoms with Crippen molar-refractivity contribution in [3.8, 4) is 0 Å². The molecule has 0 spiro atoms. The van der Waals surface area contributed by atoms with Crippen molar-refractivity contribution in [3.05, 3.63) is 65.4 Å². The third kappa shape index (κ3) is 3.18. The minimum absolute atomic E-state index is 0.635. The van der Waals surface area contributed by atoms with Crippen molar-refractivity contribution in [2.75, 3.05) is 23.3 Å². The molecule has 5 rings (SSSR count). The summed E-state index contributed by atoms with van der Waals surface area (Å²) in [7, 11) is 0. The average Bonchev–Trinajstić information content (AvgIpc) is 3.14. The molecule has 0 bridgehead atoms. The van der Waals surface area contributed by atoms with Gasteiger partial charge < -0.3 is 10.2 Å². The molecule has 1 aliphatic heterocycles. The van der Waals surface area contributed by atoms with E-state index in [1.165, 1.54) is 11.1 Å². The lowest BCUT2D eigenvalue weighted by Crippen LogP contribution is -2.29. The molecule has 1 aliphatic carbocycles. The number of anilines is 2. The van der Waals surface area contributed by atoms with Gasteiger partial charge in [-0.15, -0.1) is 0 Å². The Morgan fingerprint density at radius 3 is 2.89 bits per heavy atom. The Balaban J connectivity index is 1.45. The molecule has 2 aromatic heterocycles. The zero-order chi connectivity index (χ0) is 18.1. The van der Waals surface area contributed by atoms with Gasteiger partial charge in [0.15, 0.2) is 5.65 Å². The smallest absolute Gasteiger partial charge is 0.227 e. The van der Waals surface area contributed by atoms with E-state index in [1.54, 1.807) is 0 Å². The van der Waals surface area contributed by atoms with Gasteiger partial charge in [-0.05, 0) is 24.0 Å². The lowest BCUT2D eigenvalue weighted by molar-refractivity contribution is 0.747. The molecule has 27 heavy (non-hydrogen) atoms. The number of nitrogens with zero attached hydrogens (tertiary/aromatic N) is 4. The number of allylic oxidation sites excluding steroid dienone is 2. The van der Waals surface area contributed by atoms with E-state index in [0.717, 1.165) is 61.4 Å². The van der Waals surface area contributed by atoms with Gasteiger partial charge in [-0.2, -0.15) is 15.1 Å². The predicted molar refractivity (Wildman–Crippen MR) is 108 cm³/mol. The van der Waals surface area contributed by atoms with Crippen LogP contribution in [-0.4, -0.2) is 33.3 Å². The number of hydrogen-bond donors (Lipinski definition) is 2. The van der Waals surface area contributed by atoms with Crippen LogP contribution < -0.4 is 10.2 Å². The molecule has 0 atom stereocenters. The second-order valence-electron chi connectivity index (χ2n) is 7.04. The number of H-pyrrole nitrogens is 1. The van der Waals surface area contributed by atoms with E-state index in [4.69, 9.17) is 4.98 Å². The Morgan fingerprint density at radius 1 is 1.11 bits per heavy atom. The van der Waals surface area contributed by atoms with Gasteiger partial charge >= 0.3 is 0 Å². The first-order valence-corrected chi connectivity index (χ1v) is 9.50. The third-order valence-electron chi connectivity index (χ3n) is 5.14. The maximum Gasteiger partial charge on any atom is 0.227 e. The highest BCUT2D eigenvalue weighted by Crippen LogP contribution is 2.32. The number of aromatic amines is 1. The molecule has 6 nitrogen and oxygen atoms in total. The molecule has 2 N–H and O–H groups in total. The molecule has 0 saturated carbocycles. The van der Waals surface area contributed by atoms with Crippen molar-refractivity contribution in [1.29, 1.82) is 0 Å². The lowest BCUT2D eigenvalue weighted by Gasteiger charge is -2.28. The first kappa shape index (κ1) is 16.1. The number of rotatable bonds is 5. The van der Waals surface area contributed by atoms with Gasteiger partial charge in [0.05, 0.1) is 11.1 Å². The topological polar surface area (TPSA) is 69.7 Å². The molecule has 2 aliphatic rings. The molecule has 0 amide bonds. The summed E-state index contributed by atoms with van der Waals surface area (Å²) >= 11 is 0. The van der Waals surface area contributed by atoms with E-state index < -0.39 is 0 Å². The first-order valence-electron chi connectivity index (χ1n) is 9.50. The van der Waals surface area contributed by atoms with Crippen molar-refractivity contribution in [2.45, 2.75) is 25.8 Å². The van der Waals surface area contributed by atoms with Crippen LogP contribution in [-0.2, 0) is 13.0 Å². The SMILES string of the molecule is C1=CC(CNc2nc3c4c([nH]nc4n2)CCN3Cc2ccccc2)=CCC1. The minimum atomic E-state index is 0.635. The van der Waals surface area contributed by atoms with E-state index in [-0.39, 0.29) is 0 Å². The van der Waals surface area contributed by atoms with Crippen LogP contribution in [0.15, 0.2) is 54.1 Å². The largest absolute Gasteiger partial charge is 0.351 e. The highest BCUT2D eigenvalue weighted by Gasteiger charge is 2.24. The summed E-state index contributed by atoms with van der Waals surface area (Å²) in [5.41, 5.74) is 4.43. The van der Waals surface area contributed by atoms with Gasteiger partial charge in [0.25, 0.3) is 0 Å². The van der Waals surface area contributed by atoms with Gasteiger partial charge in [0, 0.05) is 26.1 Å². The van der Waals surface area contributed by atoms with Crippen molar-refractivity contribution >= 4 is 22.8 Å².